The van der Waals surface area contributed by atoms with Crippen LogP contribution in [0.4, 0.5) is 39.5 Å². The van der Waals surface area contributed by atoms with Crippen molar-refractivity contribution in [1.82, 2.24) is 0 Å². The highest BCUT2D eigenvalue weighted by molar-refractivity contribution is 5.09. The minimum atomic E-state index is -6.75. The molecule has 0 atom stereocenters. The summed E-state index contributed by atoms with van der Waals surface area (Å²) in [5.74, 6) is -5.68. The van der Waals surface area contributed by atoms with Crippen LogP contribution in [0.25, 0.3) is 0 Å². The number of alkyl halides is 9. The molecule has 0 N–H and O–H groups in total. The molecular weight excluding hydrogens is 243 g/mol. The van der Waals surface area contributed by atoms with Gasteiger partial charge >= 0.3 is 23.9 Å². The fourth-order valence-corrected chi connectivity index (χ4v) is 0.738. The van der Waals surface area contributed by atoms with Gasteiger partial charge in [-0.2, -0.15) is 26.3 Å². The van der Waals surface area contributed by atoms with Crippen LogP contribution >= 0.6 is 0 Å². The molecule has 0 saturated heterocycles. The monoisotopic (exact) mass is 247 g/mol. The highest BCUT2D eigenvalue weighted by atomic mass is 19.4. The molecule has 0 aromatic rings. The summed E-state index contributed by atoms with van der Waals surface area (Å²) in [6.07, 6.45) is -14.3. The predicted octanol–water partition coefficient (Wildman–Crippen LogP) is 3.68. The molecule has 0 aliphatic heterocycles. The van der Waals surface area contributed by atoms with Gasteiger partial charge in [0, 0.05) is 6.42 Å². The second-order valence-electron chi connectivity index (χ2n) is 2.57. The number of hydrogen-bond acceptors (Lipinski definition) is 0. The van der Waals surface area contributed by atoms with Gasteiger partial charge in [-0.3, -0.25) is 0 Å². The van der Waals surface area contributed by atoms with E-state index in [1.54, 1.807) is 0 Å². The minimum absolute atomic E-state index is 0.200. The molecule has 0 spiro atoms. The lowest BCUT2D eigenvalue weighted by atomic mass is 9.94. The van der Waals surface area contributed by atoms with Gasteiger partial charge in [-0.25, -0.2) is 13.2 Å². The van der Waals surface area contributed by atoms with Crippen molar-refractivity contribution in [3.8, 4) is 0 Å². The van der Waals surface area contributed by atoms with Gasteiger partial charge in [0.15, 0.2) is 0 Å². The summed E-state index contributed by atoms with van der Waals surface area (Å²) >= 11 is 0. The first-order valence-electron chi connectivity index (χ1n) is 3.32. The van der Waals surface area contributed by atoms with E-state index in [0.29, 0.717) is 0 Å². The van der Waals surface area contributed by atoms with Gasteiger partial charge in [0.25, 0.3) is 0 Å². The topological polar surface area (TPSA) is 0 Å². The second-order valence-corrected chi connectivity index (χ2v) is 2.57. The molecular formula is C6H4F9. The normalized spacial score (nSPS) is 15.6. The third-order valence-corrected chi connectivity index (χ3v) is 1.60. The summed E-state index contributed by atoms with van der Waals surface area (Å²) in [5, 5.41) is 0. The molecule has 0 aromatic carbocycles. The lowest BCUT2D eigenvalue weighted by molar-refractivity contribution is -0.389. The Kier molecular flexibility index (Phi) is 3.30. The van der Waals surface area contributed by atoms with Gasteiger partial charge in [-0.05, 0) is 0 Å². The molecule has 1 radical (unpaired) electrons. The zero-order valence-corrected chi connectivity index (χ0v) is 6.98. The molecule has 0 saturated carbocycles. The van der Waals surface area contributed by atoms with Crippen LogP contribution in [0, 0.1) is 6.42 Å². The summed E-state index contributed by atoms with van der Waals surface area (Å²) in [5.41, 5.74) is -6.57. The number of rotatable bonds is 2. The molecule has 0 rings (SSSR count). The first-order valence-corrected chi connectivity index (χ1v) is 3.32. The Morgan fingerprint density at radius 3 is 1.00 bits per heavy atom. The highest BCUT2D eigenvalue weighted by Gasteiger charge is 2.83. The van der Waals surface area contributed by atoms with Crippen molar-refractivity contribution in [3.05, 3.63) is 6.42 Å². The van der Waals surface area contributed by atoms with Gasteiger partial charge in [-0.1, -0.05) is 6.92 Å². The third kappa shape index (κ3) is 2.00. The summed E-state index contributed by atoms with van der Waals surface area (Å²) in [7, 11) is 0. The molecule has 0 heterocycles. The predicted molar refractivity (Wildman–Crippen MR) is 30.9 cm³/mol. The van der Waals surface area contributed by atoms with E-state index < -0.39 is 30.4 Å². The number of hydrogen-bond donors (Lipinski definition) is 0. The zero-order chi connectivity index (χ0) is 12.7. The van der Waals surface area contributed by atoms with Crippen LogP contribution in [0.2, 0.25) is 0 Å². The van der Waals surface area contributed by atoms with Crippen LogP contribution in [0.3, 0.4) is 0 Å². The van der Waals surface area contributed by atoms with Crippen LogP contribution < -0.4 is 0 Å². The lowest BCUT2D eigenvalue weighted by Gasteiger charge is -2.35. The SMILES string of the molecule is C[CH]C(F)(F)C(F)(C(F)(F)F)C(F)(F)F. The Bertz CT molecular complexity index is 208. The Labute approximate surface area is 78.1 Å². The fraction of sp³-hybridized carbons (Fsp3) is 0.833. The van der Waals surface area contributed by atoms with Crippen LogP contribution in [0.15, 0.2) is 0 Å². The van der Waals surface area contributed by atoms with E-state index in [-0.39, 0.29) is 6.92 Å². The lowest BCUT2D eigenvalue weighted by Crippen LogP contribution is -2.64. The second kappa shape index (κ2) is 3.44. The smallest absolute Gasteiger partial charge is 0.217 e. The molecule has 0 aliphatic carbocycles. The quantitative estimate of drug-likeness (QED) is 0.653. The Balaban J connectivity index is 5.65. The standard InChI is InChI=1S/C6H4F9/c1-2-3(7,8)4(9,5(10,11)12)6(13,14)15/h2H,1H3. The molecule has 0 unspecified atom stereocenters. The maximum atomic E-state index is 12.6. The first kappa shape index (κ1) is 14.4. The van der Waals surface area contributed by atoms with E-state index >= 15 is 0 Å². The van der Waals surface area contributed by atoms with Crippen molar-refractivity contribution in [2.75, 3.05) is 0 Å². The van der Waals surface area contributed by atoms with E-state index in [9.17, 15) is 39.5 Å². The molecule has 0 bridgehead atoms. The molecule has 0 aliphatic rings. The van der Waals surface area contributed by atoms with Crippen molar-refractivity contribution < 1.29 is 39.5 Å². The average molecular weight is 247 g/mol. The largest absolute Gasteiger partial charge is 0.437 e. The van der Waals surface area contributed by atoms with Crippen LogP contribution in [0.5, 0.6) is 0 Å². The maximum Gasteiger partial charge on any atom is 0.437 e. The van der Waals surface area contributed by atoms with Crippen molar-refractivity contribution >= 4 is 0 Å². The van der Waals surface area contributed by atoms with Gasteiger partial charge < -0.3 is 0 Å². The van der Waals surface area contributed by atoms with E-state index in [4.69, 9.17) is 0 Å². The summed E-state index contributed by atoms with van der Waals surface area (Å²) in [4.78, 5) is 0. The third-order valence-electron chi connectivity index (χ3n) is 1.60. The average Bonchev–Trinajstić information content (AvgIpc) is 1.98. The summed E-state index contributed by atoms with van der Waals surface area (Å²) in [6, 6.07) is 0. The molecule has 0 aromatic heterocycles. The molecule has 0 fully saturated rings. The van der Waals surface area contributed by atoms with Crippen molar-refractivity contribution in [1.29, 1.82) is 0 Å². The van der Waals surface area contributed by atoms with E-state index in [1.165, 1.54) is 0 Å². The van der Waals surface area contributed by atoms with E-state index in [2.05, 4.69) is 0 Å². The maximum absolute atomic E-state index is 12.6. The Hall–Kier alpha value is -0.630. The van der Waals surface area contributed by atoms with E-state index in [0.717, 1.165) is 0 Å². The van der Waals surface area contributed by atoms with Crippen LogP contribution in [-0.2, 0) is 0 Å². The van der Waals surface area contributed by atoms with Gasteiger partial charge in [0.05, 0.1) is 0 Å². The zero-order valence-electron chi connectivity index (χ0n) is 6.98. The first-order chi connectivity index (χ1) is 6.31. The van der Waals surface area contributed by atoms with Crippen LogP contribution in [0.1, 0.15) is 6.92 Å². The Morgan fingerprint density at radius 2 is 0.933 bits per heavy atom. The number of halogens is 9. The highest BCUT2D eigenvalue weighted by Crippen LogP contribution is 2.55. The summed E-state index contributed by atoms with van der Waals surface area (Å²) < 4.78 is 107. The minimum Gasteiger partial charge on any atom is -0.217 e. The molecule has 91 valence electrons. The van der Waals surface area contributed by atoms with Gasteiger partial charge in [0.2, 0.25) is 0 Å². The van der Waals surface area contributed by atoms with Crippen molar-refractivity contribution in [2.24, 2.45) is 0 Å². The molecule has 9 heteroatoms. The summed E-state index contributed by atoms with van der Waals surface area (Å²) in [6.45, 7) is 0.200. The molecule has 0 nitrogen and oxygen atoms in total. The van der Waals surface area contributed by atoms with Gasteiger partial charge in [-0.15, -0.1) is 0 Å². The Morgan fingerprint density at radius 1 is 0.667 bits per heavy atom. The molecule has 15 heavy (non-hydrogen) atoms. The fourth-order valence-electron chi connectivity index (χ4n) is 0.738. The van der Waals surface area contributed by atoms with Crippen molar-refractivity contribution in [3.63, 3.8) is 0 Å². The molecule has 0 amide bonds. The van der Waals surface area contributed by atoms with Gasteiger partial charge in [0.1, 0.15) is 0 Å². The van der Waals surface area contributed by atoms with E-state index in [1.807, 2.05) is 0 Å². The van der Waals surface area contributed by atoms with Crippen molar-refractivity contribution in [2.45, 2.75) is 30.9 Å². The van der Waals surface area contributed by atoms with Crippen LogP contribution in [-0.4, -0.2) is 23.9 Å².